The molecule has 1 N–H and O–H groups in total. The molecule has 3 heteroatoms. The molecule has 3 nitrogen and oxygen atoms in total. The molecule has 0 amide bonds. The summed E-state index contributed by atoms with van der Waals surface area (Å²) in [7, 11) is 0. The molecule has 0 radical (unpaired) electrons. The maximum Gasteiger partial charge on any atom is 0.138 e. The van der Waals surface area contributed by atoms with E-state index in [1.807, 2.05) is 61.5 Å². The minimum Gasteiger partial charge on any atom is -0.494 e. The second-order valence-corrected chi connectivity index (χ2v) is 5.74. The Bertz CT molecular complexity index is 822. The Kier molecular flexibility index (Phi) is 5.47. The van der Waals surface area contributed by atoms with E-state index < -0.39 is 0 Å². The molecule has 0 spiro atoms. The standard InChI is InChI=1S/C22H22N2O/c1-3-25-21-15-13-20(14-16-21)24-22(18-7-5-4-6-8-18)23-19-11-9-17(2)10-12-19/h4-16H,3H2,1-2H3,(H,23,24). The van der Waals surface area contributed by atoms with Crippen LogP contribution >= 0.6 is 0 Å². The zero-order chi connectivity index (χ0) is 17.5. The number of nitrogens with one attached hydrogen (secondary N) is 1. The summed E-state index contributed by atoms with van der Waals surface area (Å²) in [6.07, 6.45) is 0. The molecule has 126 valence electrons. The van der Waals surface area contributed by atoms with Gasteiger partial charge in [0.25, 0.3) is 0 Å². The number of amidine groups is 1. The summed E-state index contributed by atoms with van der Waals surface area (Å²) >= 11 is 0. The van der Waals surface area contributed by atoms with E-state index in [4.69, 9.17) is 9.73 Å². The number of hydrogen-bond acceptors (Lipinski definition) is 2. The Balaban J connectivity index is 1.90. The number of anilines is 1. The Morgan fingerprint density at radius 3 is 2.20 bits per heavy atom. The van der Waals surface area contributed by atoms with E-state index in [0.29, 0.717) is 6.61 Å². The van der Waals surface area contributed by atoms with Gasteiger partial charge in [-0.1, -0.05) is 48.0 Å². The highest BCUT2D eigenvalue weighted by Gasteiger charge is 2.05. The first kappa shape index (κ1) is 16.8. The average Bonchev–Trinajstić information content (AvgIpc) is 2.65. The van der Waals surface area contributed by atoms with Gasteiger partial charge in [0.15, 0.2) is 0 Å². The quantitative estimate of drug-likeness (QED) is 0.489. The SMILES string of the molecule is CCOc1ccc(NC(=Nc2ccc(C)cc2)c2ccccc2)cc1. The van der Waals surface area contributed by atoms with E-state index in [2.05, 4.69) is 36.5 Å². The van der Waals surface area contributed by atoms with Crippen LogP contribution in [0.25, 0.3) is 0 Å². The number of nitrogens with zero attached hydrogens (tertiary/aromatic N) is 1. The monoisotopic (exact) mass is 330 g/mol. The summed E-state index contributed by atoms with van der Waals surface area (Å²) in [6, 6.07) is 26.2. The van der Waals surface area contributed by atoms with Gasteiger partial charge in [0.05, 0.1) is 12.3 Å². The predicted octanol–water partition coefficient (Wildman–Crippen LogP) is 5.58. The molecule has 0 fully saturated rings. The van der Waals surface area contributed by atoms with Crippen LogP contribution in [0.2, 0.25) is 0 Å². The Morgan fingerprint density at radius 1 is 0.880 bits per heavy atom. The van der Waals surface area contributed by atoms with Gasteiger partial charge in [0.1, 0.15) is 11.6 Å². The molecule has 0 saturated heterocycles. The lowest BCUT2D eigenvalue weighted by Gasteiger charge is -2.11. The first-order valence-electron chi connectivity index (χ1n) is 8.45. The molecule has 0 atom stereocenters. The number of aliphatic imine (C=N–C) groups is 1. The zero-order valence-electron chi connectivity index (χ0n) is 14.6. The van der Waals surface area contributed by atoms with Crippen molar-refractivity contribution in [3.63, 3.8) is 0 Å². The van der Waals surface area contributed by atoms with Crippen molar-refractivity contribution >= 4 is 17.2 Å². The minimum absolute atomic E-state index is 0.664. The molecular formula is C22H22N2O. The van der Waals surface area contributed by atoms with E-state index >= 15 is 0 Å². The van der Waals surface area contributed by atoms with Crippen molar-refractivity contribution in [1.29, 1.82) is 0 Å². The van der Waals surface area contributed by atoms with Gasteiger partial charge in [-0.15, -0.1) is 0 Å². The highest BCUT2D eigenvalue weighted by atomic mass is 16.5. The summed E-state index contributed by atoms with van der Waals surface area (Å²) < 4.78 is 5.50. The van der Waals surface area contributed by atoms with Gasteiger partial charge >= 0.3 is 0 Å². The maximum absolute atomic E-state index is 5.50. The Labute approximate surface area is 149 Å². The number of aryl methyl sites for hydroxylation is 1. The van der Waals surface area contributed by atoms with E-state index in [-0.39, 0.29) is 0 Å². The fourth-order valence-corrected chi connectivity index (χ4v) is 2.45. The largest absolute Gasteiger partial charge is 0.494 e. The van der Waals surface area contributed by atoms with Crippen LogP contribution in [0, 0.1) is 6.92 Å². The number of ether oxygens (including phenoxy) is 1. The van der Waals surface area contributed by atoms with Gasteiger partial charge in [-0.3, -0.25) is 0 Å². The van der Waals surface area contributed by atoms with E-state index in [1.165, 1.54) is 5.56 Å². The number of benzene rings is 3. The van der Waals surface area contributed by atoms with Crippen LogP contribution < -0.4 is 10.1 Å². The highest BCUT2D eigenvalue weighted by Crippen LogP contribution is 2.19. The second-order valence-electron chi connectivity index (χ2n) is 5.74. The first-order valence-corrected chi connectivity index (χ1v) is 8.45. The molecule has 0 unspecified atom stereocenters. The summed E-state index contributed by atoms with van der Waals surface area (Å²) in [6.45, 7) is 4.72. The molecule has 0 heterocycles. The van der Waals surface area contributed by atoms with Crippen molar-refractivity contribution in [2.75, 3.05) is 11.9 Å². The minimum atomic E-state index is 0.664. The van der Waals surface area contributed by atoms with Gasteiger partial charge in [0.2, 0.25) is 0 Å². The Hall–Kier alpha value is -3.07. The first-order chi connectivity index (χ1) is 12.2. The molecule has 0 saturated carbocycles. The summed E-state index contributed by atoms with van der Waals surface area (Å²) in [4.78, 5) is 4.80. The fraction of sp³-hybridized carbons (Fsp3) is 0.136. The van der Waals surface area contributed by atoms with Crippen LogP contribution in [0.1, 0.15) is 18.1 Å². The highest BCUT2D eigenvalue weighted by molar-refractivity contribution is 6.09. The van der Waals surface area contributed by atoms with Gasteiger partial charge in [0, 0.05) is 11.3 Å². The molecule has 0 bridgehead atoms. The maximum atomic E-state index is 5.50. The molecule has 0 aromatic heterocycles. The third-order valence-corrected chi connectivity index (χ3v) is 3.75. The van der Waals surface area contributed by atoms with Crippen LogP contribution in [0.3, 0.4) is 0 Å². The van der Waals surface area contributed by atoms with Gasteiger partial charge in [-0.2, -0.15) is 0 Å². The summed E-state index contributed by atoms with van der Waals surface area (Å²) in [5.74, 6) is 1.68. The predicted molar refractivity (Wildman–Crippen MR) is 105 cm³/mol. The lowest BCUT2D eigenvalue weighted by molar-refractivity contribution is 0.340. The topological polar surface area (TPSA) is 33.6 Å². The molecule has 3 aromatic carbocycles. The van der Waals surface area contributed by atoms with Crippen molar-refractivity contribution in [1.82, 2.24) is 0 Å². The number of rotatable bonds is 5. The molecular weight excluding hydrogens is 308 g/mol. The molecule has 25 heavy (non-hydrogen) atoms. The van der Waals surface area contributed by atoms with Gasteiger partial charge < -0.3 is 10.1 Å². The lowest BCUT2D eigenvalue weighted by atomic mass is 10.2. The van der Waals surface area contributed by atoms with Crippen molar-refractivity contribution in [2.24, 2.45) is 4.99 Å². The average molecular weight is 330 g/mol. The molecule has 3 aromatic rings. The fourth-order valence-electron chi connectivity index (χ4n) is 2.45. The normalized spacial score (nSPS) is 11.2. The van der Waals surface area contributed by atoms with E-state index in [9.17, 15) is 0 Å². The van der Waals surface area contributed by atoms with Crippen molar-refractivity contribution in [3.8, 4) is 5.75 Å². The lowest BCUT2D eigenvalue weighted by Crippen LogP contribution is -2.13. The van der Waals surface area contributed by atoms with Crippen molar-refractivity contribution in [3.05, 3.63) is 90.0 Å². The van der Waals surface area contributed by atoms with Crippen LogP contribution in [-0.2, 0) is 0 Å². The van der Waals surface area contributed by atoms with Crippen LogP contribution in [0.5, 0.6) is 5.75 Å². The van der Waals surface area contributed by atoms with E-state index in [1.54, 1.807) is 0 Å². The second kappa shape index (κ2) is 8.15. The van der Waals surface area contributed by atoms with Gasteiger partial charge in [-0.25, -0.2) is 4.99 Å². The van der Waals surface area contributed by atoms with Crippen molar-refractivity contribution in [2.45, 2.75) is 13.8 Å². The van der Waals surface area contributed by atoms with Crippen LogP contribution in [0.4, 0.5) is 11.4 Å². The molecule has 0 aliphatic heterocycles. The Morgan fingerprint density at radius 2 is 1.56 bits per heavy atom. The van der Waals surface area contributed by atoms with E-state index in [0.717, 1.165) is 28.5 Å². The molecule has 3 rings (SSSR count). The molecule has 0 aliphatic carbocycles. The summed E-state index contributed by atoms with van der Waals surface area (Å²) in [5.41, 5.74) is 4.15. The van der Waals surface area contributed by atoms with Crippen LogP contribution in [0.15, 0.2) is 83.9 Å². The zero-order valence-corrected chi connectivity index (χ0v) is 14.6. The van der Waals surface area contributed by atoms with Crippen LogP contribution in [-0.4, -0.2) is 12.4 Å². The molecule has 0 aliphatic rings. The van der Waals surface area contributed by atoms with Gasteiger partial charge in [-0.05, 0) is 50.2 Å². The third kappa shape index (κ3) is 4.70. The number of hydrogen-bond donors (Lipinski definition) is 1. The van der Waals surface area contributed by atoms with Crippen molar-refractivity contribution < 1.29 is 4.74 Å². The smallest absolute Gasteiger partial charge is 0.138 e. The summed E-state index contributed by atoms with van der Waals surface area (Å²) in [5, 5.41) is 3.42. The third-order valence-electron chi connectivity index (χ3n) is 3.75.